The van der Waals surface area contributed by atoms with Gasteiger partial charge < -0.3 is 0 Å². The van der Waals surface area contributed by atoms with E-state index in [0.29, 0.717) is 5.92 Å². The van der Waals surface area contributed by atoms with Crippen LogP contribution in [0.3, 0.4) is 0 Å². The van der Waals surface area contributed by atoms with Crippen LogP contribution in [-0.2, 0) is 0 Å². The molecule has 0 bridgehead atoms. The highest BCUT2D eigenvalue weighted by Gasteiger charge is 2.23. The lowest BCUT2D eigenvalue weighted by atomic mass is 9.77. The van der Waals surface area contributed by atoms with Gasteiger partial charge in [0.1, 0.15) is 11.6 Å². The minimum Gasteiger partial charge on any atom is -0.207 e. The van der Waals surface area contributed by atoms with E-state index < -0.39 is 0 Å². The molecule has 0 aromatic heterocycles. The van der Waals surface area contributed by atoms with Gasteiger partial charge in [-0.05, 0) is 72.4 Å². The third kappa shape index (κ3) is 3.21. The Kier molecular flexibility index (Phi) is 4.56. The van der Waals surface area contributed by atoms with Gasteiger partial charge in [-0.25, -0.2) is 8.78 Å². The summed E-state index contributed by atoms with van der Waals surface area (Å²) in [4.78, 5) is 0. The van der Waals surface area contributed by atoms with E-state index in [0.717, 1.165) is 35.4 Å². The highest BCUT2D eigenvalue weighted by molar-refractivity contribution is 5.63. The maximum atomic E-state index is 14.5. The molecule has 0 spiro atoms. The van der Waals surface area contributed by atoms with E-state index in [2.05, 4.69) is 6.92 Å². The molecule has 0 radical (unpaired) electrons. The molecule has 2 aromatic carbocycles. The SMILES string of the molecule is CC[C@H]1CC[C@H](c2ccc(-c3ccc(F)cc3)cc2F)CC1. The van der Waals surface area contributed by atoms with Crippen LogP contribution in [0.5, 0.6) is 0 Å². The second-order valence-corrected chi connectivity index (χ2v) is 6.37. The van der Waals surface area contributed by atoms with Crippen LogP contribution < -0.4 is 0 Å². The summed E-state index contributed by atoms with van der Waals surface area (Å²) < 4.78 is 27.5. The summed E-state index contributed by atoms with van der Waals surface area (Å²) in [5.41, 5.74) is 2.51. The van der Waals surface area contributed by atoms with Gasteiger partial charge in [0.25, 0.3) is 0 Å². The number of halogens is 2. The molecule has 0 atom stereocenters. The minimum atomic E-state index is -0.270. The van der Waals surface area contributed by atoms with Crippen LogP contribution in [0.1, 0.15) is 50.5 Å². The molecule has 0 aliphatic heterocycles. The average molecular weight is 300 g/mol. The van der Waals surface area contributed by atoms with Gasteiger partial charge in [-0.2, -0.15) is 0 Å². The lowest BCUT2D eigenvalue weighted by Gasteiger charge is -2.28. The van der Waals surface area contributed by atoms with Crippen LogP contribution in [0, 0.1) is 17.6 Å². The predicted molar refractivity (Wildman–Crippen MR) is 86.8 cm³/mol. The molecule has 22 heavy (non-hydrogen) atoms. The molecule has 1 aliphatic carbocycles. The van der Waals surface area contributed by atoms with Gasteiger partial charge in [-0.15, -0.1) is 0 Å². The first-order valence-electron chi connectivity index (χ1n) is 8.22. The lowest BCUT2D eigenvalue weighted by molar-refractivity contribution is 0.314. The van der Waals surface area contributed by atoms with E-state index in [4.69, 9.17) is 0 Å². The van der Waals surface area contributed by atoms with Gasteiger partial charge in [0, 0.05) is 0 Å². The second kappa shape index (κ2) is 6.60. The summed E-state index contributed by atoms with van der Waals surface area (Å²) in [7, 11) is 0. The normalized spacial score (nSPS) is 21.8. The highest BCUT2D eigenvalue weighted by atomic mass is 19.1. The first-order chi connectivity index (χ1) is 10.7. The van der Waals surface area contributed by atoms with Crippen molar-refractivity contribution in [2.75, 3.05) is 0 Å². The molecule has 0 amide bonds. The van der Waals surface area contributed by atoms with Gasteiger partial charge in [0.05, 0.1) is 0 Å². The van der Waals surface area contributed by atoms with E-state index in [9.17, 15) is 8.78 Å². The van der Waals surface area contributed by atoms with E-state index in [1.165, 1.54) is 31.4 Å². The third-order valence-electron chi connectivity index (χ3n) is 5.04. The van der Waals surface area contributed by atoms with Crippen molar-refractivity contribution >= 4 is 0 Å². The monoisotopic (exact) mass is 300 g/mol. The molecule has 2 aromatic rings. The molecule has 0 nitrogen and oxygen atoms in total. The third-order valence-corrected chi connectivity index (χ3v) is 5.04. The Morgan fingerprint density at radius 1 is 0.864 bits per heavy atom. The van der Waals surface area contributed by atoms with Crippen molar-refractivity contribution in [1.29, 1.82) is 0 Å². The van der Waals surface area contributed by atoms with Gasteiger partial charge >= 0.3 is 0 Å². The Labute approximate surface area is 131 Å². The number of benzene rings is 2. The molecule has 1 saturated carbocycles. The summed E-state index contributed by atoms with van der Waals surface area (Å²) in [6.07, 6.45) is 5.83. The molecular formula is C20H22F2. The smallest absolute Gasteiger partial charge is 0.127 e. The van der Waals surface area contributed by atoms with Crippen LogP contribution in [0.25, 0.3) is 11.1 Å². The van der Waals surface area contributed by atoms with Gasteiger partial charge in [0.2, 0.25) is 0 Å². The predicted octanol–water partition coefficient (Wildman–Crippen LogP) is 6.32. The Morgan fingerprint density at radius 2 is 1.50 bits per heavy atom. The van der Waals surface area contributed by atoms with Crippen molar-refractivity contribution in [2.24, 2.45) is 5.92 Å². The Bertz CT molecular complexity index is 623. The zero-order valence-corrected chi connectivity index (χ0v) is 13.0. The van der Waals surface area contributed by atoms with Crippen molar-refractivity contribution in [3.05, 3.63) is 59.7 Å². The van der Waals surface area contributed by atoms with E-state index in [-0.39, 0.29) is 11.6 Å². The fraction of sp³-hybridized carbons (Fsp3) is 0.400. The summed E-state index contributed by atoms with van der Waals surface area (Å²) >= 11 is 0. The summed E-state index contributed by atoms with van der Waals surface area (Å²) in [5.74, 6) is 0.776. The molecule has 1 aliphatic rings. The summed E-state index contributed by atoms with van der Waals surface area (Å²) in [5, 5.41) is 0. The highest BCUT2D eigenvalue weighted by Crippen LogP contribution is 2.38. The largest absolute Gasteiger partial charge is 0.207 e. The molecule has 0 N–H and O–H groups in total. The molecule has 1 fully saturated rings. The number of rotatable bonds is 3. The van der Waals surface area contributed by atoms with Crippen molar-refractivity contribution in [3.63, 3.8) is 0 Å². The van der Waals surface area contributed by atoms with Crippen LogP contribution >= 0.6 is 0 Å². The van der Waals surface area contributed by atoms with Crippen LogP contribution in [0.4, 0.5) is 8.78 Å². The minimum absolute atomic E-state index is 0.123. The first kappa shape index (κ1) is 15.2. The Morgan fingerprint density at radius 3 is 2.09 bits per heavy atom. The van der Waals surface area contributed by atoms with Gasteiger partial charge in [0.15, 0.2) is 0 Å². The zero-order chi connectivity index (χ0) is 15.5. The Balaban J connectivity index is 1.79. The van der Waals surface area contributed by atoms with E-state index in [1.807, 2.05) is 12.1 Å². The van der Waals surface area contributed by atoms with Crippen LogP contribution in [0.2, 0.25) is 0 Å². The maximum absolute atomic E-state index is 14.5. The fourth-order valence-electron chi connectivity index (χ4n) is 3.56. The second-order valence-electron chi connectivity index (χ2n) is 6.37. The van der Waals surface area contributed by atoms with Gasteiger partial charge in [-0.3, -0.25) is 0 Å². The van der Waals surface area contributed by atoms with Crippen LogP contribution in [0.15, 0.2) is 42.5 Å². The topological polar surface area (TPSA) is 0 Å². The molecular weight excluding hydrogens is 278 g/mol. The average Bonchev–Trinajstić information content (AvgIpc) is 2.56. The summed E-state index contributed by atoms with van der Waals surface area (Å²) in [6, 6.07) is 11.7. The van der Waals surface area contributed by atoms with Gasteiger partial charge in [-0.1, -0.05) is 37.6 Å². The fourth-order valence-corrected chi connectivity index (χ4v) is 3.56. The molecule has 3 rings (SSSR count). The zero-order valence-electron chi connectivity index (χ0n) is 13.0. The number of hydrogen-bond acceptors (Lipinski definition) is 0. The molecule has 0 heterocycles. The van der Waals surface area contributed by atoms with E-state index >= 15 is 0 Å². The first-order valence-corrected chi connectivity index (χ1v) is 8.22. The standard InChI is InChI=1S/C20H22F2/c1-2-14-3-5-16(6-4-14)19-12-9-17(13-20(19)22)15-7-10-18(21)11-8-15/h7-14,16H,2-6H2,1H3/t14-,16-. The van der Waals surface area contributed by atoms with Crippen LogP contribution in [-0.4, -0.2) is 0 Å². The quantitative estimate of drug-likeness (QED) is 0.622. The molecule has 0 saturated heterocycles. The summed E-state index contributed by atoms with van der Waals surface area (Å²) in [6.45, 7) is 2.24. The molecule has 0 unspecified atom stereocenters. The molecule has 2 heteroatoms. The molecule has 116 valence electrons. The van der Waals surface area contributed by atoms with Crippen molar-refractivity contribution in [3.8, 4) is 11.1 Å². The van der Waals surface area contributed by atoms with E-state index in [1.54, 1.807) is 18.2 Å². The van der Waals surface area contributed by atoms with Crippen molar-refractivity contribution < 1.29 is 8.78 Å². The van der Waals surface area contributed by atoms with Crippen molar-refractivity contribution in [2.45, 2.75) is 44.9 Å². The maximum Gasteiger partial charge on any atom is 0.127 e. The Hall–Kier alpha value is -1.70. The number of hydrogen-bond donors (Lipinski definition) is 0. The van der Waals surface area contributed by atoms with Crippen molar-refractivity contribution in [1.82, 2.24) is 0 Å². The lowest BCUT2D eigenvalue weighted by Crippen LogP contribution is -2.13.